The Hall–Kier alpha value is -1.88. The molecule has 108 valence electrons. The van der Waals surface area contributed by atoms with Gasteiger partial charge in [0.05, 0.1) is 11.8 Å². The van der Waals surface area contributed by atoms with Gasteiger partial charge in [-0.1, -0.05) is 19.1 Å². The molecule has 2 aromatic rings. The van der Waals surface area contributed by atoms with Gasteiger partial charge in [0.1, 0.15) is 11.5 Å². The van der Waals surface area contributed by atoms with Crippen LogP contribution in [0.1, 0.15) is 41.1 Å². The number of hydrogen-bond acceptors (Lipinski definition) is 3. The number of nitrogens with zero attached hydrogens (tertiary/aromatic N) is 1. The average molecular weight is 347 g/mol. The lowest BCUT2D eigenvalue weighted by molar-refractivity contribution is 0.0954. The maximum Gasteiger partial charge on any atom is 0.272 e. The fraction of sp³-hybridized carbons (Fsp3) is 0.250. The monoisotopic (exact) mass is 346 g/mol. The molecule has 1 aliphatic rings. The minimum atomic E-state index is -0.263. The molecule has 0 spiro atoms. The highest BCUT2D eigenvalue weighted by molar-refractivity contribution is 9.10. The van der Waals surface area contributed by atoms with E-state index in [1.165, 1.54) is 12.6 Å². The van der Waals surface area contributed by atoms with Crippen molar-refractivity contribution < 1.29 is 9.21 Å². The van der Waals surface area contributed by atoms with Crippen LogP contribution >= 0.6 is 15.9 Å². The fourth-order valence-corrected chi connectivity index (χ4v) is 2.68. The number of carbonyl (C=O) groups excluding carboxylic acids is 1. The molecule has 1 amide bonds. The van der Waals surface area contributed by atoms with E-state index in [4.69, 9.17) is 4.42 Å². The topological polar surface area (TPSA) is 54.6 Å². The zero-order chi connectivity index (χ0) is 14.8. The van der Waals surface area contributed by atoms with Crippen LogP contribution in [0.15, 0.2) is 50.4 Å². The highest BCUT2D eigenvalue weighted by atomic mass is 79.9. The van der Waals surface area contributed by atoms with Gasteiger partial charge in [-0.15, -0.1) is 0 Å². The van der Waals surface area contributed by atoms with Gasteiger partial charge in [0, 0.05) is 10.4 Å². The van der Waals surface area contributed by atoms with Crippen LogP contribution in [-0.2, 0) is 0 Å². The molecule has 1 saturated carbocycles. The highest BCUT2D eigenvalue weighted by Crippen LogP contribution is 2.47. The Labute approximate surface area is 131 Å². The van der Waals surface area contributed by atoms with Crippen molar-refractivity contribution in [3.8, 4) is 0 Å². The van der Waals surface area contributed by atoms with Crippen molar-refractivity contribution in [3.05, 3.63) is 58.0 Å². The van der Waals surface area contributed by atoms with Gasteiger partial charge < -0.3 is 4.42 Å². The largest absolute Gasteiger partial charge is 0.460 e. The van der Waals surface area contributed by atoms with Crippen LogP contribution < -0.4 is 5.43 Å². The first-order valence-corrected chi connectivity index (χ1v) is 7.62. The molecular formula is C16H15BrN2O2. The molecule has 1 aromatic carbocycles. The van der Waals surface area contributed by atoms with Crippen molar-refractivity contribution in [2.45, 2.75) is 19.3 Å². The minimum absolute atomic E-state index is 0.263. The maximum atomic E-state index is 11.9. The Morgan fingerprint density at radius 3 is 2.86 bits per heavy atom. The summed E-state index contributed by atoms with van der Waals surface area (Å²) in [5.74, 6) is 2.64. The highest BCUT2D eigenvalue weighted by Gasteiger charge is 2.36. The van der Waals surface area contributed by atoms with E-state index in [2.05, 4.69) is 33.4 Å². The van der Waals surface area contributed by atoms with Crippen molar-refractivity contribution in [1.82, 2.24) is 5.43 Å². The van der Waals surface area contributed by atoms with Gasteiger partial charge in [0.15, 0.2) is 0 Å². The summed E-state index contributed by atoms with van der Waals surface area (Å²) in [5, 5.41) is 3.93. The third-order valence-electron chi connectivity index (χ3n) is 3.60. The molecular weight excluding hydrogens is 332 g/mol. The van der Waals surface area contributed by atoms with Crippen molar-refractivity contribution in [1.29, 1.82) is 0 Å². The standard InChI is InChI=1S/C16H15BrN2O2/c1-10-8-13(10)15-7-6-11(21-15)9-18-19-16(20)12-4-2-3-5-14(12)17/h2-7,9-10,13H,8H2,1H3,(H,19,20)/b18-9-/t10-,13+/m0/s1. The Morgan fingerprint density at radius 1 is 1.38 bits per heavy atom. The Kier molecular flexibility index (Phi) is 3.92. The molecule has 5 heteroatoms. The summed E-state index contributed by atoms with van der Waals surface area (Å²) in [4.78, 5) is 11.9. The van der Waals surface area contributed by atoms with Crippen molar-refractivity contribution in [2.24, 2.45) is 11.0 Å². The second-order valence-electron chi connectivity index (χ2n) is 5.24. The van der Waals surface area contributed by atoms with Crippen molar-refractivity contribution >= 4 is 28.1 Å². The number of hydrogen-bond donors (Lipinski definition) is 1. The molecule has 3 rings (SSSR count). The number of nitrogens with one attached hydrogen (secondary N) is 1. The molecule has 0 bridgehead atoms. The zero-order valence-electron chi connectivity index (χ0n) is 11.5. The number of amides is 1. The molecule has 0 saturated heterocycles. The van der Waals surface area contributed by atoms with Gasteiger partial charge in [-0.05, 0) is 52.5 Å². The lowest BCUT2D eigenvalue weighted by Gasteiger charge is -2.01. The molecule has 21 heavy (non-hydrogen) atoms. The van der Waals surface area contributed by atoms with E-state index in [0.717, 1.165) is 10.2 Å². The fourth-order valence-electron chi connectivity index (χ4n) is 2.22. The minimum Gasteiger partial charge on any atom is -0.460 e. The molecule has 0 aliphatic heterocycles. The molecule has 1 heterocycles. The van der Waals surface area contributed by atoms with Crippen LogP contribution in [0.5, 0.6) is 0 Å². The number of carbonyl (C=O) groups is 1. The third kappa shape index (κ3) is 3.24. The molecule has 1 fully saturated rings. The van der Waals surface area contributed by atoms with E-state index < -0.39 is 0 Å². The van der Waals surface area contributed by atoms with E-state index in [1.54, 1.807) is 12.1 Å². The van der Waals surface area contributed by atoms with Gasteiger partial charge in [0.2, 0.25) is 0 Å². The molecule has 0 unspecified atom stereocenters. The lowest BCUT2D eigenvalue weighted by Crippen LogP contribution is -2.17. The zero-order valence-corrected chi connectivity index (χ0v) is 13.1. The number of benzene rings is 1. The molecule has 0 radical (unpaired) electrons. The summed E-state index contributed by atoms with van der Waals surface area (Å²) < 4.78 is 6.42. The van der Waals surface area contributed by atoms with E-state index in [1.807, 2.05) is 24.3 Å². The Bertz CT molecular complexity index is 693. The first-order chi connectivity index (χ1) is 10.1. The van der Waals surface area contributed by atoms with Crippen molar-refractivity contribution in [3.63, 3.8) is 0 Å². The molecule has 4 nitrogen and oxygen atoms in total. The van der Waals surface area contributed by atoms with E-state index in [0.29, 0.717) is 23.2 Å². The number of rotatable bonds is 4. The molecule has 1 aromatic heterocycles. The van der Waals surface area contributed by atoms with Crippen LogP contribution in [0.2, 0.25) is 0 Å². The normalized spacial score (nSPS) is 20.7. The second-order valence-corrected chi connectivity index (χ2v) is 6.09. The summed E-state index contributed by atoms with van der Waals surface area (Å²) in [6.45, 7) is 2.21. The van der Waals surface area contributed by atoms with Gasteiger partial charge in [0.25, 0.3) is 5.91 Å². The smallest absolute Gasteiger partial charge is 0.272 e. The summed E-state index contributed by atoms with van der Waals surface area (Å²) in [6, 6.07) is 11.1. The van der Waals surface area contributed by atoms with Gasteiger partial charge in [-0.3, -0.25) is 4.79 Å². The molecule has 2 atom stereocenters. The SMILES string of the molecule is C[C@H]1C[C@H]1c1ccc(/C=N\NC(=O)c2ccccc2Br)o1. The van der Waals surface area contributed by atoms with E-state index in [-0.39, 0.29) is 5.91 Å². The van der Waals surface area contributed by atoms with E-state index in [9.17, 15) is 4.79 Å². The maximum absolute atomic E-state index is 11.9. The van der Waals surface area contributed by atoms with Crippen LogP contribution in [0.3, 0.4) is 0 Å². The van der Waals surface area contributed by atoms with Gasteiger partial charge >= 0.3 is 0 Å². The van der Waals surface area contributed by atoms with Crippen LogP contribution in [0, 0.1) is 5.92 Å². The molecule has 1 aliphatic carbocycles. The van der Waals surface area contributed by atoms with Gasteiger partial charge in [-0.2, -0.15) is 5.10 Å². The lowest BCUT2D eigenvalue weighted by atomic mass is 10.2. The quantitative estimate of drug-likeness (QED) is 0.673. The number of hydrazone groups is 1. The number of halogens is 1. The predicted octanol–water partition coefficient (Wildman–Crippen LogP) is 3.93. The average Bonchev–Trinajstić information content (AvgIpc) is 3.01. The Morgan fingerprint density at radius 2 is 2.14 bits per heavy atom. The number of furan rings is 1. The first-order valence-electron chi connectivity index (χ1n) is 6.83. The van der Waals surface area contributed by atoms with Crippen LogP contribution in [0.4, 0.5) is 0 Å². The van der Waals surface area contributed by atoms with Crippen LogP contribution in [-0.4, -0.2) is 12.1 Å². The third-order valence-corrected chi connectivity index (χ3v) is 4.29. The predicted molar refractivity (Wildman–Crippen MR) is 84.4 cm³/mol. The summed E-state index contributed by atoms with van der Waals surface area (Å²) in [7, 11) is 0. The summed E-state index contributed by atoms with van der Waals surface area (Å²) >= 11 is 3.33. The van der Waals surface area contributed by atoms with Crippen molar-refractivity contribution in [2.75, 3.05) is 0 Å². The van der Waals surface area contributed by atoms with Crippen LogP contribution in [0.25, 0.3) is 0 Å². The summed E-state index contributed by atoms with van der Waals surface area (Å²) in [5.41, 5.74) is 3.03. The Balaban J connectivity index is 1.61. The first kappa shape index (κ1) is 14.1. The summed E-state index contributed by atoms with van der Waals surface area (Å²) in [6.07, 6.45) is 2.70. The van der Waals surface area contributed by atoms with E-state index >= 15 is 0 Å². The van der Waals surface area contributed by atoms with Gasteiger partial charge in [-0.25, -0.2) is 5.43 Å². The molecule has 1 N–H and O–H groups in total. The second kappa shape index (κ2) is 5.85.